The molecule has 1 N–H and O–H groups in total. The molecule has 5 rings (SSSR count). The summed E-state index contributed by atoms with van der Waals surface area (Å²) in [6, 6.07) is 2.52. The van der Waals surface area contributed by atoms with Gasteiger partial charge in [-0.2, -0.15) is 0 Å². The fraction of sp³-hybridized carbons (Fsp3) is 0.550. The number of hydrogen-bond donors (Lipinski definition) is 1. The van der Waals surface area contributed by atoms with E-state index in [-0.39, 0.29) is 0 Å². The number of aromatic nitrogens is 5. The molecule has 1 saturated heterocycles. The van der Waals surface area contributed by atoms with E-state index in [9.17, 15) is 0 Å². The second-order valence-electron chi connectivity index (χ2n) is 7.81. The number of likely N-dealkylation sites (tertiary alicyclic amines) is 1. The molecule has 3 aromatic rings. The molecule has 26 heavy (non-hydrogen) atoms. The van der Waals surface area contributed by atoms with E-state index >= 15 is 0 Å². The lowest BCUT2D eigenvalue weighted by molar-refractivity contribution is 0.237. The standard InChI is InChI=1S/C20H26N6/c1-13-10-14(2)26-15(11-21-20(26)22-13)12-25-9-5-8-18(25)19-23-16-6-3-4-7-17(16)24-19/h10-11,18H,3-9,12H2,1-2H3,(H,23,24). The van der Waals surface area contributed by atoms with E-state index in [1.165, 1.54) is 54.3 Å². The van der Waals surface area contributed by atoms with Gasteiger partial charge in [0, 0.05) is 23.6 Å². The van der Waals surface area contributed by atoms with Crippen LogP contribution in [0.3, 0.4) is 0 Å². The summed E-state index contributed by atoms with van der Waals surface area (Å²) in [5.41, 5.74) is 6.12. The third kappa shape index (κ3) is 2.63. The number of nitrogens with zero attached hydrogens (tertiary/aromatic N) is 5. The highest BCUT2D eigenvalue weighted by atomic mass is 15.2. The summed E-state index contributed by atoms with van der Waals surface area (Å²) in [4.78, 5) is 20.3. The zero-order valence-corrected chi connectivity index (χ0v) is 15.6. The highest BCUT2D eigenvalue weighted by Crippen LogP contribution is 2.33. The van der Waals surface area contributed by atoms with Crippen molar-refractivity contribution < 1.29 is 0 Å². The van der Waals surface area contributed by atoms with Crippen molar-refractivity contribution in [2.75, 3.05) is 6.54 Å². The number of aromatic amines is 1. The van der Waals surface area contributed by atoms with Crippen LogP contribution in [-0.2, 0) is 19.4 Å². The van der Waals surface area contributed by atoms with E-state index < -0.39 is 0 Å². The first-order valence-electron chi connectivity index (χ1n) is 9.81. The maximum Gasteiger partial charge on any atom is 0.234 e. The molecule has 2 aliphatic rings. The van der Waals surface area contributed by atoms with Gasteiger partial charge in [-0.05, 0) is 65.0 Å². The van der Waals surface area contributed by atoms with Crippen molar-refractivity contribution >= 4 is 5.78 Å². The summed E-state index contributed by atoms with van der Waals surface area (Å²) in [6.07, 6.45) is 9.25. The van der Waals surface area contributed by atoms with Crippen molar-refractivity contribution in [2.45, 2.75) is 65.0 Å². The molecule has 136 valence electrons. The molecule has 6 nitrogen and oxygen atoms in total. The van der Waals surface area contributed by atoms with Gasteiger partial charge in [-0.25, -0.2) is 15.0 Å². The Balaban J connectivity index is 1.44. The molecular formula is C20H26N6. The van der Waals surface area contributed by atoms with Crippen LogP contribution in [-0.4, -0.2) is 35.8 Å². The first-order chi connectivity index (χ1) is 12.7. The number of nitrogens with one attached hydrogen (secondary N) is 1. The number of aryl methyl sites for hydroxylation is 4. The molecule has 0 amide bonds. The number of fused-ring (bicyclic) bond motifs is 2. The topological polar surface area (TPSA) is 62.1 Å². The molecule has 1 fully saturated rings. The summed E-state index contributed by atoms with van der Waals surface area (Å²) in [6.45, 7) is 6.16. The van der Waals surface area contributed by atoms with E-state index in [0.29, 0.717) is 6.04 Å². The van der Waals surface area contributed by atoms with Gasteiger partial charge in [-0.3, -0.25) is 9.30 Å². The summed E-state index contributed by atoms with van der Waals surface area (Å²) in [7, 11) is 0. The highest BCUT2D eigenvalue weighted by molar-refractivity contribution is 5.35. The largest absolute Gasteiger partial charge is 0.344 e. The lowest BCUT2D eigenvalue weighted by Crippen LogP contribution is -2.24. The normalized spacial score (nSPS) is 20.8. The average Bonchev–Trinajstić information content (AvgIpc) is 3.32. The van der Waals surface area contributed by atoms with Gasteiger partial charge < -0.3 is 4.98 Å². The van der Waals surface area contributed by atoms with Crippen LogP contribution in [0.2, 0.25) is 0 Å². The van der Waals surface area contributed by atoms with Crippen molar-refractivity contribution in [2.24, 2.45) is 0 Å². The number of rotatable bonds is 3. The molecule has 6 heteroatoms. The Morgan fingerprint density at radius 3 is 2.92 bits per heavy atom. The van der Waals surface area contributed by atoms with Crippen molar-refractivity contribution in [3.8, 4) is 0 Å². The third-order valence-corrected chi connectivity index (χ3v) is 5.88. The highest BCUT2D eigenvalue weighted by Gasteiger charge is 2.30. The predicted octanol–water partition coefficient (Wildman–Crippen LogP) is 3.29. The smallest absolute Gasteiger partial charge is 0.234 e. The minimum absolute atomic E-state index is 0.393. The van der Waals surface area contributed by atoms with E-state index in [0.717, 1.165) is 37.4 Å². The molecule has 1 atom stereocenters. The fourth-order valence-corrected chi connectivity index (χ4v) is 4.67. The Hall–Kier alpha value is -2.21. The summed E-state index contributed by atoms with van der Waals surface area (Å²) in [5.74, 6) is 1.98. The van der Waals surface area contributed by atoms with E-state index in [1.807, 2.05) is 13.1 Å². The molecule has 4 heterocycles. The zero-order valence-electron chi connectivity index (χ0n) is 15.6. The van der Waals surface area contributed by atoms with Crippen LogP contribution >= 0.6 is 0 Å². The van der Waals surface area contributed by atoms with Gasteiger partial charge in [0.1, 0.15) is 5.82 Å². The van der Waals surface area contributed by atoms with Crippen LogP contribution in [0, 0.1) is 13.8 Å². The van der Waals surface area contributed by atoms with Gasteiger partial charge in [0.2, 0.25) is 5.78 Å². The van der Waals surface area contributed by atoms with Gasteiger partial charge in [-0.1, -0.05) is 0 Å². The second-order valence-corrected chi connectivity index (χ2v) is 7.81. The van der Waals surface area contributed by atoms with Crippen LogP contribution in [0.15, 0.2) is 12.3 Å². The van der Waals surface area contributed by atoms with Gasteiger partial charge in [0.05, 0.1) is 23.6 Å². The van der Waals surface area contributed by atoms with Crippen molar-refractivity contribution in [3.05, 3.63) is 46.6 Å². The maximum absolute atomic E-state index is 4.97. The predicted molar refractivity (Wildman–Crippen MR) is 100 cm³/mol. The van der Waals surface area contributed by atoms with Crippen molar-refractivity contribution in [1.29, 1.82) is 0 Å². The summed E-state index contributed by atoms with van der Waals surface area (Å²) < 4.78 is 2.19. The molecule has 0 spiro atoms. The first-order valence-corrected chi connectivity index (χ1v) is 9.81. The van der Waals surface area contributed by atoms with Crippen molar-refractivity contribution in [1.82, 2.24) is 29.2 Å². The Bertz CT molecular complexity index is 929. The Kier molecular flexibility index (Phi) is 3.81. The molecule has 0 bridgehead atoms. The van der Waals surface area contributed by atoms with Gasteiger partial charge in [0.25, 0.3) is 0 Å². The van der Waals surface area contributed by atoms with Crippen LogP contribution in [0.5, 0.6) is 0 Å². The lowest BCUT2D eigenvalue weighted by Gasteiger charge is -2.22. The van der Waals surface area contributed by atoms with Crippen LogP contribution in [0.1, 0.15) is 66.0 Å². The Labute approximate surface area is 153 Å². The van der Waals surface area contributed by atoms with Crippen LogP contribution < -0.4 is 0 Å². The zero-order chi connectivity index (χ0) is 17.7. The average molecular weight is 350 g/mol. The number of hydrogen-bond acceptors (Lipinski definition) is 4. The monoisotopic (exact) mass is 350 g/mol. The van der Waals surface area contributed by atoms with E-state index in [2.05, 4.69) is 37.2 Å². The number of imidazole rings is 2. The molecule has 1 aliphatic heterocycles. The molecule has 1 aliphatic carbocycles. The lowest BCUT2D eigenvalue weighted by atomic mass is 10.0. The maximum atomic E-state index is 4.97. The molecule has 0 aromatic carbocycles. The Morgan fingerprint density at radius 2 is 2.04 bits per heavy atom. The van der Waals surface area contributed by atoms with E-state index in [1.54, 1.807) is 0 Å². The molecule has 0 saturated carbocycles. The third-order valence-electron chi connectivity index (χ3n) is 5.88. The molecule has 0 radical (unpaired) electrons. The first kappa shape index (κ1) is 16.0. The van der Waals surface area contributed by atoms with E-state index in [4.69, 9.17) is 4.98 Å². The van der Waals surface area contributed by atoms with Crippen LogP contribution in [0.25, 0.3) is 5.78 Å². The molecular weight excluding hydrogens is 324 g/mol. The molecule has 3 aromatic heterocycles. The second kappa shape index (κ2) is 6.20. The SMILES string of the molecule is Cc1cc(C)n2c(CN3CCCC3c3nc4c([nH]3)CCCC4)cnc2n1. The Morgan fingerprint density at radius 1 is 1.15 bits per heavy atom. The van der Waals surface area contributed by atoms with Gasteiger partial charge >= 0.3 is 0 Å². The van der Waals surface area contributed by atoms with Gasteiger partial charge in [-0.15, -0.1) is 0 Å². The van der Waals surface area contributed by atoms with Crippen molar-refractivity contribution in [3.63, 3.8) is 0 Å². The number of H-pyrrole nitrogens is 1. The summed E-state index contributed by atoms with van der Waals surface area (Å²) >= 11 is 0. The van der Waals surface area contributed by atoms with Gasteiger partial charge in [0.15, 0.2) is 0 Å². The summed E-state index contributed by atoms with van der Waals surface area (Å²) in [5, 5.41) is 0. The quantitative estimate of drug-likeness (QED) is 0.787. The minimum Gasteiger partial charge on any atom is -0.344 e. The minimum atomic E-state index is 0.393. The fourth-order valence-electron chi connectivity index (χ4n) is 4.67. The molecule has 1 unspecified atom stereocenters. The van der Waals surface area contributed by atoms with Crippen LogP contribution in [0.4, 0.5) is 0 Å².